The van der Waals surface area contributed by atoms with Crippen molar-refractivity contribution in [1.29, 1.82) is 0 Å². The molecule has 0 spiro atoms. The summed E-state index contributed by atoms with van der Waals surface area (Å²) in [4.78, 5) is 24.9. The summed E-state index contributed by atoms with van der Waals surface area (Å²) in [5, 5.41) is 4.05. The van der Waals surface area contributed by atoms with Gasteiger partial charge in [0.15, 0.2) is 0 Å². The van der Waals surface area contributed by atoms with Crippen LogP contribution in [0.25, 0.3) is 11.4 Å². The number of alkyl halides is 6. The fraction of sp³-hybridized carbons (Fsp3) is 0.440. The molecule has 3 heterocycles. The molecule has 13 heteroatoms. The highest BCUT2D eigenvalue weighted by molar-refractivity contribution is 5.95. The molecule has 202 valence electrons. The Labute approximate surface area is 213 Å². The molecule has 38 heavy (non-hydrogen) atoms. The van der Waals surface area contributed by atoms with Gasteiger partial charge >= 0.3 is 12.4 Å². The van der Waals surface area contributed by atoms with E-state index in [0.29, 0.717) is 54.2 Å². The monoisotopic (exact) mass is 539 g/mol. The van der Waals surface area contributed by atoms with E-state index >= 15 is 0 Å². The highest BCUT2D eigenvalue weighted by Gasteiger charge is 2.38. The van der Waals surface area contributed by atoms with E-state index in [-0.39, 0.29) is 19.2 Å². The number of amides is 1. The van der Waals surface area contributed by atoms with Crippen LogP contribution < -0.4 is 4.90 Å². The molecule has 2 fully saturated rings. The lowest BCUT2D eigenvalue weighted by Gasteiger charge is -2.35. The van der Waals surface area contributed by atoms with Crippen molar-refractivity contribution >= 4 is 11.7 Å². The molecule has 7 nitrogen and oxygen atoms in total. The van der Waals surface area contributed by atoms with Crippen molar-refractivity contribution in [3.63, 3.8) is 0 Å². The third-order valence-corrected chi connectivity index (χ3v) is 6.88. The van der Waals surface area contributed by atoms with Crippen LogP contribution in [-0.2, 0) is 12.4 Å². The Kier molecular flexibility index (Phi) is 6.78. The SMILES string of the molecule is O=C(c1cc(C(F)(F)F)cc(C(F)(F)F)c1)N1CCN(c2ccc(-c3noc(C4CCCC4)n3)cn2)CC1. The van der Waals surface area contributed by atoms with Crippen LogP contribution >= 0.6 is 0 Å². The second kappa shape index (κ2) is 9.91. The minimum atomic E-state index is -5.02. The lowest BCUT2D eigenvalue weighted by molar-refractivity contribution is -0.143. The highest BCUT2D eigenvalue weighted by Crippen LogP contribution is 2.37. The average Bonchev–Trinajstić information content (AvgIpc) is 3.60. The third-order valence-electron chi connectivity index (χ3n) is 6.88. The number of benzene rings is 1. The summed E-state index contributed by atoms with van der Waals surface area (Å²) in [6.45, 7) is 0.819. The smallest absolute Gasteiger partial charge is 0.353 e. The van der Waals surface area contributed by atoms with Crippen molar-refractivity contribution < 1.29 is 35.7 Å². The number of rotatable bonds is 4. The average molecular weight is 539 g/mol. The fourth-order valence-electron chi connectivity index (χ4n) is 4.80. The molecular formula is C25H23F6N5O2. The predicted octanol–water partition coefficient (Wildman–Crippen LogP) is 5.79. The van der Waals surface area contributed by atoms with Gasteiger partial charge in [-0.15, -0.1) is 0 Å². The number of piperazine rings is 1. The molecule has 2 aliphatic rings. The fourth-order valence-corrected chi connectivity index (χ4v) is 4.80. The van der Waals surface area contributed by atoms with Crippen molar-refractivity contribution in [3.8, 4) is 11.4 Å². The number of hydrogen-bond acceptors (Lipinski definition) is 6. The Balaban J connectivity index is 1.24. The van der Waals surface area contributed by atoms with Crippen LogP contribution in [0.4, 0.5) is 32.2 Å². The number of carbonyl (C=O) groups is 1. The van der Waals surface area contributed by atoms with Crippen molar-refractivity contribution in [2.45, 2.75) is 44.0 Å². The van der Waals surface area contributed by atoms with E-state index < -0.39 is 35.0 Å². The molecule has 0 N–H and O–H groups in total. The van der Waals surface area contributed by atoms with Crippen LogP contribution in [0.1, 0.15) is 59.0 Å². The van der Waals surface area contributed by atoms with E-state index in [0.717, 1.165) is 25.7 Å². The molecule has 0 radical (unpaired) electrons. The molecule has 2 aromatic heterocycles. The van der Waals surface area contributed by atoms with Gasteiger partial charge in [0.25, 0.3) is 5.91 Å². The summed E-state index contributed by atoms with van der Waals surface area (Å²) in [6, 6.07) is 4.49. The lowest BCUT2D eigenvalue weighted by atomic mass is 10.0. The van der Waals surface area contributed by atoms with Crippen molar-refractivity contribution in [2.75, 3.05) is 31.1 Å². The number of anilines is 1. The third kappa shape index (κ3) is 5.46. The van der Waals surface area contributed by atoms with E-state index in [1.54, 1.807) is 18.3 Å². The quantitative estimate of drug-likeness (QED) is 0.391. The van der Waals surface area contributed by atoms with Gasteiger partial charge in [-0.25, -0.2) is 4.98 Å². The Morgan fingerprint density at radius 3 is 2.08 bits per heavy atom. The number of nitrogens with zero attached hydrogens (tertiary/aromatic N) is 5. The largest absolute Gasteiger partial charge is 0.416 e. The van der Waals surface area contributed by atoms with Crippen LogP contribution in [0.2, 0.25) is 0 Å². The number of hydrogen-bond donors (Lipinski definition) is 0. The van der Waals surface area contributed by atoms with Gasteiger partial charge in [0.05, 0.1) is 11.1 Å². The predicted molar refractivity (Wildman–Crippen MR) is 123 cm³/mol. The van der Waals surface area contributed by atoms with Gasteiger partial charge in [0.1, 0.15) is 5.82 Å². The summed E-state index contributed by atoms with van der Waals surface area (Å²) in [6.07, 6.45) is -4.08. The van der Waals surface area contributed by atoms with Gasteiger partial charge in [-0.3, -0.25) is 4.79 Å². The Morgan fingerprint density at radius 2 is 1.53 bits per heavy atom. The molecule has 1 aliphatic carbocycles. The molecule has 0 unspecified atom stereocenters. The molecule has 0 atom stereocenters. The van der Waals surface area contributed by atoms with E-state index in [4.69, 9.17) is 4.52 Å². The number of carbonyl (C=O) groups excluding carboxylic acids is 1. The second-order valence-electron chi connectivity index (χ2n) is 9.42. The normalized spacial score (nSPS) is 17.3. The summed E-state index contributed by atoms with van der Waals surface area (Å²) >= 11 is 0. The first-order valence-electron chi connectivity index (χ1n) is 12.1. The standard InChI is InChI=1S/C25H23F6N5O2/c26-24(27,28)18-11-17(12-19(13-18)25(29,30)31)23(37)36-9-7-35(8-10-36)20-6-5-16(14-32-20)21-33-22(38-34-21)15-3-1-2-4-15/h5-6,11-15H,1-4,7-10H2. The molecule has 0 bridgehead atoms. The first-order valence-corrected chi connectivity index (χ1v) is 12.1. The van der Waals surface area contributed by atoms with Crippen molar-refractivity contribution in [2.24, 2.45) is 0 Å². The van der Waals surface area contributed by atoms with Gasteiger partial charge in [-0.05, 0) is 43.2 Å². The number of halogens is 6. The zero-order chi connectivity index (χ0) is 27.1. The molecule has 1 saturated carbocycles. The molecule has 5 rings (SSSR count). The maximum Gasteiger partial charge on any atom is 0.416 e. The molecule has 1 amide bonds. The number of pyridine rings is 1. The summed E-state index contributed by atoms with van der Waals surface area (Å²) in [5.41, 5.74) is -3.01. The molecule has 3 aromatic rings. The minimum absolute atomic E-state index is 0.00810. The zero-order valence-corrected chi connectivity index (χ0v) is 20.0. The lowest BCUT2D eigenvalue weighted by Crippen LogP contribution is -2.49. The highest BCUT2D eigenvalue weighted by atomic mass is 19.4. The second-order valence-corrected chi connectivity index (χ2v) is 9.42. The van der Waals surface area contributed by atoms with Gasteiger partial charge in [0, 0.05) is 49.4 Å². The van der Waals surface area contributed by atoms with Crippen LogP contribution in [0.5, 0.6) is 0 Å². The van der Waals surface area contributed by atoms with Gasteiger partial charge < -0.3 is 14.3 Å². The molecule has 1 saturated heterocycles. The van der Waals surface area contributed by atoms with Crippen LogP contribution in [0.15, 0.2) is 41.1 Å². The van der Waals surface area contributed by atoms with E-state index in [9.17, 15) is 31.1 Å². The minimum Gasteiger partial charge on any atom is -0.353 e. The topological polar surface area (TPSA) is 75.4 Å². The maximum atomic E-state index is 13.2. The number of aromatic nitrogens is 3. The molecular weight excluding hydrogens is 516 g/mol. The van der Waals surface area contributed by atoms with Gasteiger partial charge in [-0.1, -0.05) is 18.0 Å². The van der Waals surface area contributed by atoms with E-state index in [2.05, 4.69) is 15.1 Å². The summed E-state index contributed by atoms with van der Waals surface area (Å²) < 4.78 is 84.4. The van der Waals surface area contributed by atoms with Crippen LogP contribution in [0.3, 0.4) is 0 Å². The summed E-state index contributed by atoms with van der Waals surface area (Å²) in [5.74, 6) is 1.09. The van der Waals surface area contributed by atoms with E-state index in [1.807, 2.05) is 4.90 Å². The van der Waals surface area contributed by atoms with Crippen molar-refractivity contribution in [1.82, 2.24) is 20.0 Å². The Morgan fingerprint density at radius 1 is 0.895 bits per heavy atom. The maximum absolute atomic E-state index is 13.2. The zero-order valence-electron chi connectivity index (χ0n) is 20.0. The first-order chi connectivity index (χ1) is 18.0. The molecule has 1 aromatic carbocycles. The Bertz CT molecular complexity index is 1260. The van der Waals surface area contributed by atoms with Gasteiger partial charge in [0.2, 0.25) is 11.7 Å². The Hall–Kier alpha value is -3.64. The van der Waals surface area contributed by atoms with Crippen LogP contribution in [0, 0.1) is 0 Å². The van der Waals surface area contributed by atoms with Gasteiger partial charge in [-0.2, -0.15) is 31.3 Å². The van der Waals surface area contributed by atoms with E-state index in [1.165, 1.54) is 4.90 Å². The summed E-state index contributed by atoms with van der Waals surface area (Å²) in [7, 11) is 0. The van der Waals surface area contributed by atoms with Crippen LogP contribution in [-0.4, -0.2) is 52.1 Å². The molecule has 1 aliphatic heterocycles. The van der Waals surface area contributed by atoms with Crippen molar-refractivity contribution in [3.05, 3.63) is 59.1 Å². The first kappa shape index (κ1) is 26.0.